The quantitative estimate of drug-likeness (QED) is 0.714. The molecule has 0 N–H and O–H groups in total. The minimum absolute atomic E-state index is 0.480. The number of hydrogen-bond acceptors (Lipinski definition) is 2. The van der Waals surface area contributed by atoms with Gasteiger partial charge in [-0.2, -0.15) is 0 Å². The van der Waals surface area contributed by atoms with Gasteiger partial charge in [0, 0.05) is 11.6 Å². The first kappa shape index (κ1) is 9.91. The molecule has 1 aromatic heterocycles. The van der Waals surface area contributed by atoms with E-state index in [1.54, 1.807) is 0 Å². The van der Waals surface area contributed by atoms with Crippen molar-refractivity contribution in [3.05, 3.63) is 22.7 Å². The number of rotatable bonds is 3. The maximum atomic E-state index is 5.97. The van der Waals surface area contributed by atoms with Gasteiger partial charge < -0.3 is 0 Å². The van der Waals surface area contributed by atoms with E-state index in [2.05, 4.69) is 23.8 Å². The Kier molecular flexibility index (Phi) is 2.73. The zero-order valence-electron chi connectivity index (χ0n) is 8.63. The topological polar surface area (TPSA) is 25.8 Å². The summed E-state index contributed by atoms with van der Waals surface area (Å²) in [5, 5.41) is 0.595. The van der Waals surface area contributed by atoms with Crippen LogP contribution in [0.15, 0.2) is 6.07 Å². The van der Waals surface area contributed by atoms with E-state index in [1.165, 1.54) is 12.8 Å². The average molecular weight is 211 g/mol. The second-order valence-electron chi connectivity index (χ2n) is 4.06. The Morgan fingerprint density at radius 3 is 2.79 bits per heavy atom. The molecule has 0 aromatic carbocycles. The molecule has 3 heteroatoms. The Morgan fingerprint density at radius 2 is 2.21 bits per heavy atom. The zero-order chi connectivity index (χ0) is 10.1. The van der Waals surface area contributed by atoms with Crippen molar-refractivity contribution in [1.82, 2.24) is 9.97 Å². The van der Waals surface area contributed by atoms with Crippen LogP contribution in [0, 0.1) is 0 Å². The van der Waals surface area contributed by atoms with Crippen molar-refractivity contribution < 1.29 is 0 Å². The Hall–Kier alpha value is -0.630. The van der Waals surface area contributed by atoms with Crippen molar-refractivity contribution >= 4 is 11.6 Å². The van der Waals surface area contributed by atoms with Crippen LogP contribution in [0.2, 0.25) is 5.15 Å². The SMILES string of the molecule is CCC(C)c1cc(Cl)nc(C2CC2)n1. The molecule has 0 saturated heterocycles. The highest BCUT2D eigenvalue weighted by atomic mass is 35.5. The van der Waals surface area contributed by atoms with Gasteiger partial charge in [0.15, 0.2) is 0 Å². The van der Waals surface area contributed by atoms with Crippen LogP contribution in [0.25, 0.3) is 0 Å². The molecule has 1 saturated carbocycles. The minimum atomic E-state index is 0.480. The lowest BCUT2D eigenvalue weighted by Crippen LogP contribution is -2.01. The molecule has 0 spiro atoms. The Balaban J connectivity index is 2.30. The predicted octanol–water partition coefficient (Wildman–Crippen LogP) is 3.52. The van der Waals surface area contributed by atoms with E-state index in [0.717, 1.165) is 17.9 Å². The third-order valence-corrected chi connectivity index (χ3v) is 2.99. The summed E-state index contributed by atoms with van der Waals surface area (Å²) in [5.74, 6) is 2.01. The molecule has 2 rings (SSSR count). The van der Waals surface area contributed by atoms with Crippen molar-refractivity contribution in [1.29, 1.82) is 0 Å². The fraction of sp³-hybridized carbons (Fsp3) is 0.636. The molecular weight excluding hydrogens is 196 g/mol. The molecule has 0 bridgehead atoms. The highest BCUT2D eigenvalue weighted by Crippen LogP contribution is 2.38. The van der Waals surface area contributed by atoms with Gasteiger partial charge in [-0.05, 0) is 31.2 Å². The van der Waals surface area contributed by atoms with Gasteiger partial charge >= 0.3 is 0 Å². The molecule has 14 heavy (non-hydrogen) atoms. The fourth-order valence-electron chi connectivity index (χ4n) is 1.44. The van der Waals surface area contributed by atoms with Gasteiger partial charge in [-0.25, -0.2) is 9.97 Å². The van der Waals surface area contributed by atoms with E-state index < -0.39 is 0 Å². The van der Waals surface area contributed by atoms with Crippen LogP contribution >= 0.6 is 11.6 Å². The summed E-state index contributed by atoms with van der Waals surface area (Å²) in [5.41, 5.74) is 1.09. The van der Waals surface area contributed by atoms with Crippen molar-refractivity contribution in [2.24, 2.45) is 0 Å². The monoisotopic (exact) mass is 210 g/mol. The molecule has 1 fully saturated rings. The van der Waals surface area contributed by atoms with Crippen molar-refractivity contribution in [3.8, 4) is 0 Å². The van der Waals surface area contributed by atoms with E-state index in [-0.39, 0.29) is 0 Å². The van der Waals surface area contributed by atoms with Crippen molar-refractivity contribution in [3.63, 3.8) is 0 Å². The molecule has 1 atom stereocenters. The van der Waals surface area contributed by atoms with Crippen LogP contribution < -0.4 is 0 Å². The fourth-order valence-corrected chi connectivity index (χ4v) is 1.64. The summed E-state index contributed by atoms with van der Waals surface area (Å²) in [6.45, 7) is 4.34. The summed E-state index contributed by atoms with van der Waals surface area (Å²) >= 11 is 5.97. The lowest BCUT2D eigenvalue weighted by atomic mass is 10.1. The maximum absolute atomic E-state index is 5.97. The molecule has 1 aliphatic carbocycles. The molecule has 76 valence electrons. The Morgan fingerprint density at radius 1 is 1.50 bits per heavy atom. The van der Waals surface area contributed by atoms with Crippen molar-refractivity contribution in [2.75, 3.05) is 0 Å². The van der Waals surface area contributed by atoms with E-state index in [1.807, 2.05) is 6.07 Å². The van der Waals surface area contributed by atoms with Gasteiger partial charge in [0.1, 0.15) is 11.0 Å². The number of halogens is 1. The van der Waals surface area contributed by atoms with E-state index in [4.69, 9.17) is 11.6 Å². The summed E-state index contributed by atoms with van der Waals surface area (Å²) < 4.78 is 0. The number of nitrogens with zero attached hydrogens (tertiary/aromatic N) is 2. The summed E-state index contributed by atoms with van der Waals surface area (Å²) in [6.07, 6.45) is 3.54. The Labute approximate surface area is 89.7 Å². The van der Waals surface area contributed by atoms with Crippen LogP contribution in [0.5, 0.6) is 0 Å². The van der Waals surface area contributed by atoms with Gasteiger partial charge in [-0.3, -0.25) is 0 Å². The lowest BCUT2D eigenvalue weighted by Gasteiger charge is -2.09. The van der Waals surface area contributed by atoms with Crippen molar-refractivity contribution in [2.45, 2.75) is 44.9 Å². The second-order valence-corrected chi connectivity index (χ2v) is 4.44. The second kappa shape index (κ2) is 3.85. The van der Waals surface area contributed by atoms with E-state index in [9.17, 15) is 0 Å². The number of hydrogen-bond donors (Lipinski definition) is 0. The Bertz CT molecular complexity index is 334. The van der Waals surface area contributed by atoms with Gasteiger partial charge in [0.25, 0.3) is 0 Å². The molecule has 1 aliphatic rings. The standard InChI is InChI=1S/C11H15ClN2/c1-3-7(2)9-6-10(12)14-11(13-9)8-4-5-8/h6-8H,3-5H2,1-2H3. The van der Waals surface area contributed by atoms with Gasteiger partial charge in [0.05, 0.1) is 0 Å². The number of aromatic nitrogens is 2. The molecule has 1 heterocycles. The van der Waals surface area contributed by atoms with Gasteiger partial charge in [-0.15, -0.1) is 0 Å². The first-order valence-corrected chi connectivity index (χ1v) is 5.63. The van der Waals surface area contributed by atoms with Gasteiger partial charge in [0.2, 0.25) is 0 Å². The third kappa shape index (κ3) is 2.06. The molecule has 0 radical (unpaired) electrons. The lowest BCUT2D eigenvalue weighted by molar-refractivity contribution is 0.693. The van der Waals surface area contributed by atoms with E-state index in [0.29, 0.717) is 17.0 Å². The molecule has 0 aliphatic heterocycles. The van der Waals surface area contributed by atoms with Crippen LogP contribution in [0.4, 0.5) is 0 Å². The largest absolute Gasteiger partial charge is 0.237 e. The minimum Gasteiger partial charge on any atom is -0.237 e. The summed E-state index contributed by atoms with van der Waals surface area (Å²) in [7, 11) is 0. The highest BCUT2D eigenvalue weighted by Gasteiger charge is 2.27. The van der Waals surface area contributed by atoms with Crippen LogP contribution in [-0.4, -0.2) is 9.97 Å². The van der Waals surface area contributed by atoms with Crippen LogP contribution in [0.3, 0.4) is 0 Å². The average Bonchev–Trinajstić information content (AvgIpc) is 2.98. The highest BCUT2D eigenvalue weighted by molar-refractivity contribution is 6.29. The first-order valence-electron chi connectivity index (χ1n) is 5.25. The predicted molar refractivity (Wildman–Crippen MR) is 57.7 cm³/mol. The molecular formula is C11H15ClN2. The molecule has 2 nitrogen and oxygen atoms in total. The summed E-state index contributed by atoms with van der Waals surface area (Å²) in [6, 6.07) is 1.89. The third-order valence-electron chi connectivity index (χ3n) is 2.79. The maximum Gasteiger partial charge on any atom is 0.133 e. The van der Waals surface area contributed by atoms with Crippen LogP contribution in [0.1, 0.15) is 56.5 Å². The molecule has 1 unspecified atom stereocenters. The molecule has 1 aromatic rings. The smallest absolute Gasteiger partial charge is 0.133 e. The zero-order valence-corrected chi connectivity index (χ0v) is 9.38. The normalized spacial score (nSPS) is 18.2. The van der Waals surface area contributed by atoms with Crippen LogP contribution in [-0.2, 0) is 0 Å². The summed E-state index contributed by atoms with van der Waals surface area (Å²) in [4.78, 5) is 8.84. The first-order chi connectivity index (χ1) is 6.70. The van der Waals surface area contributed by atoms with E-state index >= 15 is 0 Å². The molecule has 0 amide bonds. The van der Waals surface area contributed by atoms with Gasteiger partial charge in [-0.1, -0.05) is 25.4 Å².